The summed E-state index contributed by atoms with van der Waals surface area (Å²) in [5, 5.41) is 8.03. The lowest BCUT2D eigenvalue weighted by Crippen LogP contribution is -2.38. The largest absolute Gasteiger partial charge is 0.324 e. The van der Waals surface area contributed by atoms with Crippen LogP contribution in [0.15, 0.2) is 30.3 Å². The summed E-state index contributed by atoms with van der Waals surface area (Å²) in [6, 6.07) is 9.60. The second-order valence-electron chi connectivity index (χ2n) is 5.40. The normalized spacial score (nSPS) is 17.5. The summed E-state index contributed by atoms with van der Waals surface area (Å²) in [5.41, 5.74) is 10.1. The number of aromatic nitrogens is 2. The van der Waals surface area contributed by atoms with Crippen LogP contribution in [0.1, 0.15) is 39.8 Å². The van der Waals surface area contributed by atoms with Gasteiger partial charge in [-0.25, -0.2) is 0 Å². The highest BCUT2D eigenvalue weighted by molar-refractivity contribution is 6.07. The van der Waals surface area contributed by atoms with Crippen LogP contribution < -0.4 is 10.6 Å². The number of benzene rings is 1. The van der Waals surface area contributed by atoms with E-state index in [1.54, 1.807) is 17.9 Å². The average molecular weight is 282 g/mol. The monoisotopic (exact) mass is 282 g/mol. The highest BCUT2D eigenvalue weighted by atomic mass is 16.2. The fourth-order valence-electron chi connectivity index (χ4n) is 2.71. The SMILES string of the molecule is Cc1cc(C(=O)N2CCC(N)c3ccccc32)c(C)nn1. The van der Waals surface area contributed by atoms with Crippen molar-refractivity contribution in [1.29, 1.82) is 0 Å². The van der Waals surface area contributed by atoms with Crippen LogP contribution in [0, 0.1) is 13.8 Å². The summed E-state index contributed by atoms with van der Waals surface area (Å²) < 4.78 is 0. The van der Waals surface area contributed by atoms with Crippen molar-refractivity contribution in [3.63, 3.8) is 0 Å². The lowest BCUT2D eigenvalue weighted by atomic mass is 9.96. The Labute approximate surface area is 123 Å². The first-order valence-electron chi connectivity index (χ1n) is 7.05. The molecule has 21 heavy (non-hydrogen) atoms. The van der Waals surface area contributed by atoms with Crippen LogP contribution in [0.25, 0.3) is 0 Å². The zero-order valence-electron chi connectivity index (χ0n) is 12.2. The molecule has 1 amide bonds. The van der Waals surface area contributed by atoms with Crippen LogP contribution in [0.3, 0.4) is 0 Å². The molecule has 2 heterocycles. The van der Waals surface area contributed by atoms with Gasteiger partial charge in [0.25, 0.3) is 5.91 Å². The Bertz CT molecular complexity index is 698. The summed E-state index contributed by atoms with van der Waals surface area (Å²) in [7, 11) is 0. The zero-order valence-corrected chi connectivity index (χ0v) is 12.2. The number of para-hydroxylation sites is 1. The van der Waals surface area contributed by atoms with E-state index in [-0.39, 0.29) is 11.9 Å². The highest BCUT2D eigenvalue weighted by Crippen LogP contribution is 2.33. The molecular formula is C16H18N4O. The van der Waals surface area contributed by atoms with Crippen LogP contribution in [-0.2, 0) is 0 Å². The van der Waals surface area contributed by atoms with E-state index in [1.807, 2.05) is 31.2 Å². The molecule has 0 aliphatic carbocycles. The quantitative estimate of drug-likeness (QED) is 0.869. The molecule has 0 radical (unpaired) electrons. The molecule has 2 N–H and O–H groups in total. The molecule has 5 heteroatoms. The fraction of sp³-hybridized carbons (Fsp3) is 0.312. The number of carbonyl (C=O) groups excluding carboxylic acids is 1. The third-order valence-corrected chi connectivity index (χ3v) is 3.87. The summed E-state index contributed by atoms with van der Waals surface area (Å²) in [6.07, 6.45) is 0.763. The molecule has 0 spiro atoms. The van der Waals surface area contributed by atoms with Crippen molar-refractivity contribution in [3.8, 4) is 0 Å². The van der Waals surface area contributed by atoms with E-state index in [9.17, 15) is 4.79 Å². The molecule has 1 atom stereocenters. The van der Waals surface area contributed by atoms with Gasteiger partial charge in [-0.05, 0) is 38.0 Å². The van der Waals surface area contributed by atoms with Crippen LogP contribution in [-0.4, -0.2) is 22.6 Å². The van der Waals surface area contributed by atoms with Crippen LogP contribution in [0.4, 0.5) is 5.69 Å². The molecule has 0 bridgehead atoms. The summed E-state index contributed by atoms with van der Waals surface area (Å²) in [4.78, 5) is 14.7. The number of hydrogen-bond acceptors (Lipinski definition) is 4. The van der Waals surface area contributed by atoms with Gasteiger partial charge in [-0.2, -0.15) is 10.2 Å². The van der Waals surface area contributed by atoms with Gasteiger partial charge in [0.1, 0.15) is 0 Å². The first-order chi connectivity index (χ1) is 10.1. The molecule has 0 saturated heterocycles. The predicted octanol–water partition coefficient (Wildman–Crippen LogP) is 2.14. The van der Waals surface area contributed by atoms with Gasteiger partial charge in [0.2, 0.25) is 0 Å². The fourth-order valence-corrected chi connectivity index (χ4v) is 2.71. The number of hydrogen-bond donors (Lipinski definition) is 1. The molecule has 5 nitrogen and oxygen atoms in total. The van der Waals surface area contributed by atoms with Crippen LogP contribution in [0.2, 0.25) is 0 Å². The lowest BCUT2D eigenvalue weighted by molar-refractivity contribution is 0.0983. The van der Waals surface area contributed by atoms with Gasteiger partial charge in [0, 0.05) is 18.3 Å². The average Bonchev–Trinajstić information content (AvgIpc) is 2.50. The van der Waals surface area contributed by atoms with Crippen molar-refractivity contribution in [2.75, 3.05) is 11.4 Å². The van der Waals surface area contributed by atoms with Crippen molar-refractivity contribution in [2.45, 2.75) is 26.3 Å². The lowest BCUT2D eigenvalue weighted by Gasteiger charge is -2.33. The standard InChI is InChI=1S/C16H18N4O/c1-10-9-13(11(2)19-18-10)16(21)20-8-7-14(17)12-5-3-4-6-15(12)20/h3-6,9,14H,7-8,17H2,1-2H3. The maximum absolute atomic E-state index is 12.9. The minimum Gasteiger partial charge on any atom is -0.324 e. The second-order valence-corrected chi connectivity index (χ2v) is 5.40. The van der Waals surface area contributed by atoms with Crippen molar-refractivity contribution in [1.82, 2.24) is 10.2 Å². The van der Waals surface area contributed by atoms with E-state index in [2.05, 4.69) is 10.2 Å². The van der Waals surface area contributed by atoms with Crippen LogP contribution >= 0.6 is 0 Å². The molecule has 1 unspecified atom stereocenters. The highest BCUT2D eigenvalue weighted by Gasteiger charge is 2.28. The molecule has 3 rings (SSSR count). The molecule has 0 saturated carbocycles. The Balaban J connectivity index is 2.03. The zero-order chi connectivity index (χ0) is 15.0. The molecule has 0 fully saturated rings. The number of nitrogens with zero attached hydrogens (tertiary/aromatic N) is 3. The Kier molecular flexibility index (Phi) is 3.43. The van der Waals surface area contributed by atoms with Crippen molar-refractivity contribution < 1.29 is 4.79 Å². The van der Waals surface area contributed by atoms with E-state index in [1.165, 1.54) is 0 Å². The molecule has 2 aromatic rings. The Hall–Kier alpha value is -2.27. The molecular weight excluding hydrogens is 264 g/mol. The van der Waals surface area contributed by atoms with E-state index >= 15 is 0 Å². The molecule has 1 aliphatic rings. The van der Waals surface area contributed by atoms with Gasteiger partial charge in [-0.1, -0.05) is 18.2 Å². The maximum Gasteiger partial charge on any atom is 0.260 e. The number of amides is 1. The topological polar surface area (TPSA) is 72.1 Å². The molecule has 1 aromatic heterocycles. The third kappa shape index (κ3) is 2.40. The van der Waals surface area contributed by atoms with E-state index in [4.69, 9.17) is 5.73 Å². The summed E-state index contributed by atoms with van der Waals surface area (Å²) in [5.74, 6) is -0.0372. The first kappa shape index (κ1) is 13.7. The van der Waals surface area contributed by atoms with Gasteiger partial charge in [0.15, 0.2) is 0 Å². The minimum absolute atomic E-state index is 0.0105. The Morgan fingerprint density at radius 2 is 2.05 bits per heavy atom. The van der Waals surface area contributed by atoms with Crippen LogP contribution in [0.5, 0.6) is 0 Å². The van der Waals surface area contributed by atoms with Gasteiger partial charge in [-0.15, -0.1) is 0 Å². The van der Waals surface area contributed by atoms with Crippen molar-refractivity contribution in [2.24, 2.45) is 5.73 Å². The number of carbonyl (C=O) groups is 1. The van der Waals surface area contributed by atoms with E-state index in [0.29, 0.717) is 17.8 Å². The molecule has 1 aliphatic heterocycles. The Morgan fingerprint density at radius 1 is 1.29 bits per heavy atom. The first-order valence-corrected chi connectivity index (χ1v) is 7.05. The molecule has 108 valence electrons. The summed E-state index contributed by atoms with van der Waals surface area (Å²) >= 11 is 0. The van der Waals surface area contributed by atoms with Gasteiger partial charge in [0.05, 0.1) is 17.0 Å². The number of aryl methyl sites for hydroxylation is 2. The number of anilines is 1. The second kappa shape index (κ2) is 5.26. The number of nitrogens with two attached hydrogens (primary N) is 1. The van der Waals surface area contributed by atoms with E-state index in [0.717, 1.165) is 23.4 Å². The number of fused-ring (bicyclic) bond motifs is 1. The molecule has 1 aromatic carbocycles. The Morgan fingerprint density at radius 3 is 2.86 bits per heavy atom. The third-order valence-electron chi connectivity index (χ3n) is 3.87. The maximum atomic E-state index is 12.9. The van der Waals surface area contributed by atoms with Gasteiger partial charge in [-0.3, -0.25) is 4.79 Å². The predicted molar refractivity (Wildman–Crippen MR) is 81.2 cm³/mol. The number of rotatable bonds is 1. The van der Waals surface area contributed by atoms with Crippen molar-refractivity contribution >= 4 is 11.6 Å². The summed E-state index contributed by atoms with van der Waals surface area (Å²) in [6.45, 7) is 4.27. The van der Waals surface area contributed by atoms with Gasteiger partial charge >= 0.3 is 0 Å². The van der Waals surface area contributed by atoms with Crippen molar-refractivity contribution in [3.05, 3.63) is 52.8 Å². The smallest absolute Gasteiger partial charge is 0.260 e. The minimum atomic E-state index is -0.0372. The van der Waals surface area contributed by atoms with Gasteiger partial charge < -0.3 is 10.6 Å². The van der Waals surface area contributed by atoms with E-state index < -0.39 is 0 Å².